The van der Waals surface area contributed by atoms with Crippen LogP contribution in [0.5, 0.6) is 11.5 Å². The lowest BCUT2D eigenvalue weighted by Gasteiger charge is -2.32. The number of esters is 1. The van der Waals surface area contributed by atoms with Crippen molar-refractivity contribution >= 4 is 5.97 Å². The largest absolute Gasteiger partial charge is 0.504 e. The molecule has 2 atom stereocenters. The molecule has 0 aromatic heterocycles. The van der Waals surface area contributed by atoms with Gasteiger partial charge in [-0.2, -0.15) is 0 Å². The summed E-state index contributed by atoms with van der Waals surface area (Å²) in [6.45, 7) is 0. The summed E-state index contributed by atoms with van der Waals surface area (Å²) >= 11 is 0. The Morgan fingerprint density at radius 3 is 2.61 bits per heavy atom. The van der Waals surface area contributed by atoms with Crippen molar-refractivity contribution in [1.29, 1.82) is 0 Å². The summed E-state index contributed by atoms with van der Waals surface area (Å²) in [4.78, 5) is 11.9. The first-order valence-corrected chi connectivity index (χ1v) is 7.51. The number of benzene rings is 2. The zero-order valence-electron chi connectivity index (χ0n) is 12.8. The molecule has 1 aliphatic heterocycles. The molecule has 3 N–H and O–H groups in total. The molecule has 0 saturated carbocycles. The van der Waals surface area contributed by atoms with Crippen LogP contribution in [-0.2, 0) is 22.4 Å². The monoisotopic (exact) mass is 313 g/mol. The highest BCUT2D eigenvalue weighted by Crippen LogP contribution is 2.36. The van der Waals surface area contributed by atoms with Gasteiger partial charge in [-0.3, -0.25) is 10.1 Å². The third-order valence-electron chi connectivity index (χ3n) is 4.21. The molecule has 1 heterocycles. The van der Waals surface area contributed by atoms with E-state index in [1.807, 2.05) is 30.3 Å². The predicted molar refractivity (Wildman–Crippen MR) is 85.3 cm³/mol. The van der Waals surface area contributed by atoms with Crippen LogP contribution in [0.3, 0.4) is 0 Å². The number of methoxy groups -OCH3 is 1. The molecule has 0 spiro atoms. The highest BCUT2D eigenvalue weighted by molar-refractivity contribution is 5.77. The topological polar surface area (TPSA) is 78.8 Å². The zero-order valence-corrected chi connectivity index (χ0v) is 12.8. The van der Waals surface area contributed by atoms with E-state index in [1.165, 1.54) is 13.2 Å². The van der Waals surface area contributed by atoms with Crippen LogP contribution in [0.1, 0.15) is 22.7 Å². The summed E-state index contributed by atoms with van der Waals surface area (Å²) in [5.74, 6) is -0.658. The highest BCUT2D eigenvalue weighted by atomic mass is 16.5. The molecule has 2 aromatic carbocycles. The van der Waals surface area contributed by atoms with E-state index in [-0.39, 0.29) is 23.5 Å². The second-order valence-corrected chi connectivity index (χ2v) is 5.73. The van der Waals surface area contributed by atoms with E-state index in [0.717, 1.165) is 16.7 Å². The van der Waals surface area contributed by atoms with Crippen molar-refractivity contribution in [1.82, 2.24) is 5.32 Å². The maximum Gasteiger partial charge on any atom is 0.323 e. The number of phenols is 2. The fourth-order valence-corrected chi connectivity index (χ4v) is 3.06. The van der Waals surface area contributed by atoms with Gasteiger partial charge in [-0.05, 0) is 41.7 Å². The van der Waals surface area contributed by atoms with Gasteiger partial charge in [0.05, 0.1) is 7.11 Å². The van der Waals surface area contributed by atoms with E-state index in [9.17, 15) is 15.0 Å². The third kappa shape index (κ3) is 3.14. The minimum Gasteiger partial charge on any atom is -0.504 e. The maximum absolute atomic E-state index is 11.9. The Morgan fingerprint density at radius 1 is 1.22 bits per heavy atom. The minimum atomic E-state index is -0.467. The van der Waals surface area contributed by atoms with Crippen LogP contribution < -0.4 is 5.32 Å². The van der Waals surface area contributed by atoms with Crippen molar-refractivity contribution in [3.63, 3.8) is 0 Å². The first-order chi connectivity index (χ1) is 11.1. The first kappa shape index (κ1) is 15.4. The smallest absolute Gasteiger partial charge is 0.323 e. The van der Waals surface area contributed by atoms with E-state index in [1.54, 1.807) is 6.07 Å². The van der Waals surface area contributed by atoms with Crippen LogP contribution in [0.25, 0.3) is 0 Å². The fourth-order valence-electron chi connectivity index (χ4n) is 3.06. The van der Waals surface area contributed by atoms with Crippen molar-refractivity contribution in [3.05, 3.63) is 59.2 Å². The van der Waals surface area contributed by atoms with Gasteiger partial charge in [0.2, 0.25) is 0 Å². The quantitative estimate of drug-likeness (QED) is 0.597. The van der Waals surface area contributed by atoms with Gasteiger partial charge in [0, 0.05) is 6.04 Å². The van der Waals surface area contributed by atoms with Gasteiger partial charge in [-0.15, -0.1) is 0 Å². The molecule has 2 aromatic rings. The third-order valence-corrected chi connectivity index (χ3v) is 4.21. The van der Waals surface area contributed by atoms with Crippen molar-refractivity contribution in [2.24, 2.45) is 0 Å². The molecule has 0 unspecified atom stereocenters. The lowest BCUT2D eigenvalue weighted by atomic mass is 9.86. The SMILES string of the molecule is COC(=O)[C@@H]1Cc2cc(O)c(O)cc2[C@H](Cc2ccccc2)N1. The number of aromatic hydroxyl groups is 2. The summed E-state index contributed by atoms with van der Waals surface area (Å²) in [6.07, 6.45) is 1.09. The Kier molecular flexibility index (Phi) is 4.21. The average Bonchev–Trinajstić information content (AvgIpc) is 2.56. The number of fused-ring (bicyclic) bond motifs is 1. The fraction of sp³-hybridized carbons (Fsp3) is 0.278. The van der Waals surface area contributed by atoms with E-state index in [0.29, 0.717) is 12.8 Å². The molecular formula is C18H19NO4. The van der Waals surface area contributed by atoms with Crippen LogP contribution in [0.2, 0.25) is 0 Å². The summed E-state index contributed by atoms with van der Waals surface area (Å²) in [6, 6.07) is 12.4. The van der Waals surface area contributed by atoms with Gasteiger partial charge in [-0.1, -0.05) is 30.3 Å². The maximum atomic E-state index is 11.9. The van der Waals surface area contributed by atoms with E-state index >= 15 is 0 Å². The van der Waals surface area contributed by atoms with Gasteiger partial charge in [-0.25, -0.2) is 0 Å². The van der Waals surface area contributed by atoms with E-state index < -0.39 is 6.04 Å². The van der Waals surface area contributed by atoms with Crippen molar-refractivity contribution in [3.8, 4) is 11.5 Å². The number of hydrogen-bond acceptors (Lipinski definition) is 5. The van der Waals surface area contributed by atoms with Crippen LogP contribution in [0, 0.1) is 0 Å². The first-order valence-electron chi connectivity index (χ1n) is 7.51. The molecule has 1 aliphatic rings. The van der Waals surface area contributed by atoms with Crippen LogP contribution in [-0.4, -0.2) is 29.3 Å². The molecule has 0 amide bonds. The second kappa shape index (κ2) is 6.30. The van der Waals surface area contributed by atoms with Crippen LogP contribution in [0.4, 0.5) is 0 Å². The molecule has 0 aliphatic carbocycles. The Balaban J connectivity index is 1.97. The Bertz CT molecular complexity index is 714. The van der Waals surface area contributed by atoms with Gasteiger partial charge in [0.25, 0.3) is 0 Å². The molecule has 5 nitrogen and oxygen atoms in total. The predicted octanol–water partition coefficient (Wildman–Crippen LogP) is 2.07. The number of nitrogens with one attached hydrogen (secondary N) is 1. The Morgan fingerprint density at radius 2 is 1.91 bits per heavy atom. The van der Waals surface area contributed by atoms with Crippen molar-refractivity contribution in [2.45, 2.75) is 24.9 Å². The number of ether oxygens (including phenoxy) is 1. The van der Waals surface area contributed by atoms with Crippen LogP contribution >= 0.6 is 0 Å². The summed E-state index contributed by atoms with van der Waals surface area (Å²) < 4.78 is 4.84. The number of hydrogen-bond donors (Lipinski definition) is 3. The van der Waals surface area contributed by atoms with Crippen LogP contribution in [0.15, 0.2) is 42.5 Å². The Hall–Kier alpha value is -2.53. The molecule has 0 saturated heterocycles. The minimum absolute atomic E-state index is 0.142. The summed E-state index contributed by atoms with van der Waals surface area (Å²) in [7, 11) is 1.36. The summed E-state index contributed by atoms with van der Waals surface area (Å²) in [5, 5.41) is 22.8. The van der Waals surface area contributed by atoms with Gasteiger partial charge >= 0.3 is 5.97 Å². The number of rotatable bonds is 3. The molecule has 5 heteroatoms. The molecule has 0 radical (unpaired) electrons. The molecule has 23 heavy (non-hydrogen) atoms. The van der Waals surface area contributed by atoms with E-state index in [4.69, 9.17) is 4.74 Å². The van der Waals surface area contributed by atoms with Gasteiger partial charge in [0.1, 0.15) is 6.04 Å². The standard InChI is InChI=1S/C18H19NO4/c1-23-18(22)15-8-12-9-16(20)17(21)10-13(12)14(19-15)7-11-5-3-2-4-6-11/h2-6,9-10,14-15,19-21H,7-8H2,1H3/t14-,15-/m0/s1. The number of carbonyl (C=O) groups is 1. The zero-order chi connectivity index (χ0) is 16.4. The van der Waals surface area contributed by atoms with Gasteiger partial charge in [0.15, 0.2) is 11.5 Å². The molecular weight excluding hydrogens is 294 g/mol. The van der Waals surface area contributed by atoms with Crippen molar-refractivity contribution < 1.29 is 19.7 Å². The Labute approximate surface area is 134 Å². The molecule has 0 bridgehead atoms. The molecule has 3 rings (SSSR count). The van der Waals surface area contributed by atoms with Gasteiger partial charge < -0.3 is 14.9 Å². The lowest BCUT2D eigenvalue weighted by Crippen LogP contribution is -2.45. The average molecular weight is 313 g/mol. The second-order valence-electron chi connectivity index (χ2n) is 5.73. The number of carbonyl (C=O) groups excluding carboxylic acids is 1. The van der Waals surface area contributed by atoms with Crippen molar-refractivity contribution in [2.75, 3.05) is 7.11 Å². The highest BCUT2D eigenvalue weighted by Gasteiger charge is 2.32. The number of phenolic OH excluding ortho intramolecular Hbond substituents is 2. The molecule has 120 valence electrons. The van der Waals surface area contributed by atoms with E-state index in [2.05, 4.69) is 5.32 Å². The lowest BCUT2D eigenvalue weighted by molar-refractivity contribution is -0.143. The summed E-state index contributed by atoms with van der Waals surface area (Å²) in [5.41, 5.74) is 2.86. The normalized spacial score (nSPS) is 19.9. The molecule has 0 fully saturated rings.